The highest BCUT2D eigenvalue weighted by molar-refractivity contribution is 5.37. The van der Waals surface area contributed by atoms with E-state index in [0.29, 0.717) is 0 Å². The predicted molar refractivity (Wildman–Crippen MR) is 30.6 cm³/mol. The van der Waals surface area contributed by atoms with Gasteiger partial charge in [-0.15, -0.1) is 0 Å². The third-order valence-electron chi connectivity index (χ3n) is 0.781. The predicted octanol–water partition coefficient (Wildman–Crippen LogP) is 0.342. The van der Waals surface area contributed by atoms with Crippen molar-refractivity contribution in [3.05, 3.63) is 0 Å². The number of nitrogens with zero attached hydrogens (tertiary/aromatic N) is 2. The molecule has 0 radical (unpaired) electrons. The van der Waals surface area contributed by atoms with E-state index in [9.17, 15) is 14.0 Å². The van der Waals surface area contributed by atoms with Crippen molar-refractivity contribution in [2.24, 2.45) is 9.98 Å². The molecule has 0 spiro atoms. The Bertz CT molecular complexity index is 174. The summed E-state index contributed by atoms with van der Waals surface area (Å²) in [5, 5.41) is 0. The molecule has 0 aliphatic heterocycles. The standard InChI is InChI=1S/C5H5FN2O2/c1-4(6)5(7-2-9)8-3-10/h4-5H,1H3. The van der Waals surface area contributed by atoms with Crippen molar-refractivity contribution in [1.29, 1.82) is 0 Å². The highest BCUT2D eigenvalue weighted by Crippen LogP contribution is 2.01. The van der Waals surface area contributed by atoms with Crippen LogP contribution < -0.4 is 0 Å². The zero-order valence-electron chi connectivity index (χ0n) is 5.24. The van der Waals surface area contributed by atoms with E-state index in [4.69, 9.17) is 0 Å². The molecule has 0 saturated heterocycles. The van der Waals surface area contributed by atoms with E-state index < -0.39 is 12.3 Å². The molecule has 0 aromatic heterocycles. The second kappa shape index (κ2) is 4.56. The van der Waals surface area contributed by atoms with Crippen LogP contribution >= 0.6 is 0 Å². The maximum absolute atomic E-state index is 12.2. The highest BCUT2D eigenvalue weighted by Gasteiger charge is 2.12. The maximum Gasteiger partial charge on any atom is 0.237 e. The normalized spacial score (nSPS) is 14.2. The number of isocyanates is 2. The summed E-state index contributed by atoms with van der Waals surface area (Å²) in [7, 11) is 0. The van der Waals surface area contributed by atoms with Crippen LogP contribution in [-0.4, -0.2) is 24.5 Å². The molecule has 1 unspecified atom stereocenters. The average Bonchev–Trinajstić information content (AvgIpc) is 1.87. The van der Waals surface area contributed by atoms with Crippen LogP contribution in [-0.2, 0) is 9.59 Å². The first kappa shape index (κ1) is 8.69. The highest BCUT2D eigenvalue weighted by atomic mass is 19.1. The maximum atomic E-state index is 12.2. The monoisotopic (exact) mass is 144 g/mol. The van der Waals surface area contributed by atoms with Gasteiger partial charge in [-0.25, -0.2) is 14.0 Å². The van der Waals surface area contributed by atoms with Gasteiger partial charge in [0, 0.05) is 0 Å². The lowest BCUT2D eigenvalue weighted by atomic mass is 10.4. The Morgan fingerprint density at radius 3 is 1.90 bits per heavy atom. The zero-order valence-corrected chi connectivity index (χ0v) is 5.24. The molecule has 0 saturated carbocycles. The lowest BCUT2D eigenvalue weighted by Crippen LogP contribution is -2.12. The van der Waals surface area contributed by atoms with Crippen LogP contribution in [0.3, 0.4) is 0 Å². The number of aliphatic imine (C=N–C) groups is 2. The fourth-order valence-electron chi connectivity index (χ4n) is 0.342. The Morgan fingerprint density at radius 1 is 1.30 bits per heavy atom. The van der Waals surface area contributed by atoms with Crippen molar-refractivity contribution >= 4 is 12.2 Å². The van der Waals surface area contributed by atoms with Crippen LogP contribution in [0.2, 0.25) is 0 Å². The lowest BCUT2D eigenvalue weighted by molar-refractivity contribution is 0.311. The Labute approximate surface area is 56.5 Å². The number of rotatable bonds is 3. The summed E-state index contributed by atoms with van der Waals surface area (Å²) in [5.41, 5.74) is 0. The van der Waals surface area contributed by atoms with Crippen molar-refractivity contribution in [2.75, 3.05) is 0 Å². The molecule has 0 heterocycles. The molecule has 0 aromatic carbocycles. The molecule has 0 rings (SSSR count). The molecule has 0 aromatic rings. The third-order valence-corrected chi connectivity index (χ3v) is 0.781. The van der Waals surface area contributed by atoms with Crippen LogP contribution in [0.15, 0.2) is 9.98 Å². The molecule has 0 amide bonds. The Balaban J connectivity index is 4.24. The number of hydrogen-bond acceptors (Lipinski definition) is 4. The van der Waals surface area contributed by atoms with Crippen LogP contribution in [0.1, 0.15) is 6.92 Å². The van der Waals surface area contributed by atoms with Gasteiger partial charge in [-0.05, 0) is 6.92 Å². The summed E-state index contributed by atoms with van der Waals surface area (Å²) in [6.45, 7) is 1.13. The number of carbonyl (C=O) groups excluding carboxylic acids is 2. The minimum absolute atomic E-state index is 1.10. The SMILES string of the molecule is CC(F)C(N=C=O)N=C=O. The van der Waals surface area contributed by atoms with Gasteiger partial charge >= 0.3 is 0 Å². The Kier molecular flexibility index (Phi) is 3.96. The molecule has 0 aliphatic carbocycles. The fourth-order valence-corrected chi connectivity index (χ4v) is 0.342. The summed E-state index contributed by atoms with van der Waals surface area (Å²) >= 11 is 0. The molecule has 0 aliphatic rings. The van der Waals surface area contributed by atoms with Gasteiger partial charge in [0.25, 0.3) is 0 Å². The summed E-state index contributed by atoms with van der Waals surface area (Å²) in [6.07, 6.45) is -0.559. The number of alkyl halides is 1. The van der Waals surface area contributed by atoms with Crippen LogP contribution in [0.5, 0.6) is 0 Å². The van der Waals surface area contributed by atoms with Gasteiger partial charge < -0.3 is 0 Å². The molecule has 54 valence electrons. The van der Waals surface area contributed by atoms with Gasteiger partial charge in [-0.3, -0.25) is 0 Å². The first-order chi connectivity index (χ1) is 4.72. The van der Waals surface area contributed by atoms with Crippen molar-refractivity contribution in [2.45, 2.75) is 19.3 Å². The molecule has 0 fully saturated rings. The van der Waals surface area contributed by atoms with Gasteiger partial charge in [-0.2, -0.15) is 9.98 Å². The van der Waals surface area contributed by atoms with E-state index in [1.165, 1.54) is 0 Å². The average molecular weight is 144 g/mol. The van der Waals surface area contributed by atoms with Gasteiger partial charge in [0.05, 0.1) is 0 Å². The number of hydrogen-bond donors (Lipinski definition) is 0. The first-order valence-corrected chi connectivity index (χ1v) is 2.50. The molecule has 0 bridgehead atoms. The van der Waals surface area contributed by atoms with Crippen molar-refractivity contribution < 1.29 is 14.0 Å². The van der Waals surface area contributed by atoms with E-state index >= 15 is 0 Å². The van der Waals surface area contributed by atoms with E-state index in [1.807, 2.05) is 0 Å². The molecule has 10 heavy (non-hydrogen) atoms. The molecule has 0 N–H and O–H groups in total. The lowest BCUT2D eigenvalue weighted by Gasteiger charge is -2.00. The van der Waals surface area contributed by atoms with Crippen molar-refractivity contribution in [3.63, 3.8) is 0 Å². The Hall–Kier alpha value is -1.31. The largest absolute Gasteiger partial charge is 0.243 e. The summed E-state index contributed by atoms with van der Waals surface area (Å²) in [5.74, 6) is 0. The van der Waals surface area contributed by atoms with Gasteiger partial charge in [0.15, 0.2) is 6.17 Å². The van der Waals surface area contributed by atoms with Crippen LogP contribution in [0.4, 0.5) is 4.39 Å². The van der Waals surface area contributed by atoms with Crippen LogP contribution in [0, 0.1) is 0 Å². The van der Waals surface area contributed by atoms with Crippen LogP contribution in [0.25, 0.3) is 0 Å². The quantitative estimate of drug-likeness (QED) is 0.423. The minimum atomic E-state index is -1.47. The van der Waals surface area contributed by atoms with E-state index in [1.54, 1.807) is 0 Å². The van der Waals surface area contributed by atoms with E-state index in [2.05, 4.69) is 9.98 Å². The minimum Gasteiger partial charge on any atom is -0.243 e. The molecule has 4 nitrogen and oxygen atoms in total. The van der Waals surface area contributed by atoms with E-state index in [0.717, 1.165) is 19.1 Å². The van der Waals surface area contributed by atoms with Crippen molar-refractivity contribution in [3.8, 4) is 0 Å². The summed E-state index contributed by atoms with van der Waals surface area (Å²) in [6, 6.07) is 0. The van der Waals surface area contributed by atoms with E-state index in [-0.39, 0.29) is 0 Å². The Morgan fingerprint density at radius 2 is 1.70 bits per heavy atom. The second-order valence-electron chi connectivity index (χ2n) is 1.53. The summed E-state index contributed by atoms with van der Waals surface area (Å²) in [4.78, 5) is 24.9. The fraction of sp³-hybridized carbons (Fsp3) is 0.600. The summed E-state index contributed by atoms with van der Waals surface area (Å²) < 4.78 is 12.2. The molecular weight excluding hydrogens is 139 g/mol. The molecule has 1 atom stereocenters. The second-order valence-corrected chi connectivity index (χ2v) is 1.53. The van der Waals surface area contributed by atoms with Crippen molar-refractivity contribution in [1.82, 2.24) is 0 Å². The third kappa shape index (κ3) is 2.87. The first-order valence-electron chi connectivity index (χ1n) is 2.50. The molecule has 5 heteroatoms. The van der Waals surface area contributed by atoms with Gasteiger partial charge in [0.1, 0.15) is 6.17 Å². The van der Waals surface area contributed by atoms with Gasteiger partial charge in [-0.1, -0.05) is 0 Å². The number of halogens is 1. The molecular formula is C5H5FN2O2. The van der Waals surface area contributed by atoms with Gasteiger partial charge in [0.2, 0.25) is 12.2 Å². The zero-order chi connectivity index (χ0) is 7.98. The topological polar surface area (TPSA) is 58.9 Å². The smallest absolute Gasteiger partial charge is 0.237 e.